The molecule has 9 nitrogen and oxygen atoms in total. The molecule has 136 valence electrons. The molecule has 0 saturated heterocycles. The summed E-state index contributed by atoms with van der Waals surface area (Å²) in [4.78, 5) is 30.7. The molecule has 0 spiro atoms. The zero-order valence-electron chi connectivity index (χ0n) is 13.7. The van der Waals surface area contributed by atoms with Crippen LogP contribution in [0.3, 0.4) is 0 Å². The molecular formula is C14H27NO8. The number of aliphatic carboxylic acids is 2. The molecule has 0 amide bonds. The minimum atomic E-state index is -2.27. The number of esters is 1. The SMILES string of the molecule is CCCC(=O)OC(N)(CC)CCC.O=C(O)C(O)C(O)C(=O)O. The topological polar surface area (TPSA) is 167 Å². The van der Waals surface area contributed by atoms with Crippen molar-refractivity contribution in [2.45, 2.75) is 70.8 Å². The van der Waals surface area contributed by atoms with Crippen LogP contribution in [0.1, 0.15) is 52.9 Å². The van der Waals surface area contributed by atoms with Gasteiger partial charge in [0.05, 0.1) is 0 Å². The first-order valence-corrected chi connectivity index (χ1v) is 7.37. The van der Waals surface area contributed by atoms with Gasteiger partial charge in [-0.3, -0.25) is 10.5 Å². The Morgan fingerprint density at radius 3 is 1.70 bits per heavy atom. The summed E-state index contributed by atoms with van der Waals surface area (Å²) in [6.45, 7) is 5.92. The summed E-state index contributed by atoms with van der Waals surface area (Å²) in [5.74, 6) is -3.72. The summed E-state index contributed by atoms with van der Waals surface area (Å²) in [7, 11) is 0. The quantitative estimate of drug-likeness (QED) is 0.289. The Hall–Kier alpha value is -1.71. The van der Waals surface area contributed by atoms with Gasteiger partial charge in [0.25, 0.3) is 0 Å². The number of aliphatic hydroxyl groups excluding tert-OH is 2. The van der Waals surface area contributed by atoms with Crippen LogP contribution in [0.15, 0.2) is 0 Å². The first kappa shape index (κ1) is 23.6. The summed E-state index contributed by atoms with van der Waals surface area (Å²) in [5, 5.41) is 32.5. The molecule has 0 aromatic heterocycles. The molecule has 6 N–H and O–H groups in total. The second-order valence-corrected chi connectivity index (χ2v) is 4.96. The third kappa shape index (κ3) is 10.6. The molecular weight excluding hydrogens is 310 g/mol. The van der Waals surface area contributed by atoms with Crippen molar-refractivity contribution in [2.75, 3.05) is 0 Å². The van der Waals surface area contributed by atoms with E-state index >= 15 is 0 Å². The Balaban J connectivity index is 0. The number of hydrogen-bond acceptors (Lipinski definition) is 7. The van der Waals surface area contributed by atoms with E-state index < -0.39 is 29.9 Å². The van der Waals surface area contributed by atoms with Crippen LogP contribution < -0.4 is 5.73 Å². The summed E-state index contributed by atoms with van der Waals surface area (Å²) in [6.07, 6.45) is -0.915. The van der Waals surface area contributed by atoms with Crippen molar-refractivity contribution < 1.29 is 39.5 Å². The standard InChI is InChI=1S/C10H21NO2.C4H6O6/c1-4-7-9(12)13-10(11,6-3)8-5-2;5-1(3(7)8)2(6)4(9)10/h4-8,11H2,1-3H3;1-2,5-6H,(H,7,8)(H,9,10). The molecule has 0 bridgehead atoms. The lowest BCUT2D eigenvalue weighted by Gasteiger charge is -2.27. The molecule has 0 saturated carbocycles. The Kier molecular flexibility index (Phi) is 12.1. The molecule has 0 aromatic rings. The van der Waals surface area contributed by atoms with Gasteiger partial charge in [-0.1, -0.05) is 27.2 Å². The number of carboxylic acids is 2. The fourth-order valence-corrected chi connectivity index (χ4v) is 1.48. The second kappa shape index (κ2) is 11.8. The number of hydrogen-bond donors (Lipinski definition) is 5. The number of aliphatic hydroxyl groups is 2. The number of rotatable bonds is 9. The van der Waals surface area contributed by atoms with E-state index in [1.165, 1.54) is 0 Å². The van der Waals surface area contributed by atoms with E-state index in [-0.39, 0.29) is 5.97 Å². The van der Waals surface area contributed by atoms with Crippen molar-refractivity contribution in [2.24, 2.45) is 5.73 Å². The van der Waals surface area contributed by atoms with Crippen molar-refractivity contribution in [3.8, 4) is 0 Å². The Labute approximate surface area is 135 Å². The molecule has 0 radical (unpaired) electrons. The summed E-state index contributed by atoms with van der Waals surface area (Å²) >= 11 is 0. The second-order valence-electron chi connectivity index (χ2n) is 4.96. The van der Waals surface area contributed by atoms with Gasteiger partial charge in [0.1, 0.15) is 0 Å². The molecule has 0 fully saturated rings. The average Bonchev–Trinajstić information content (AvgIpc) is 2.46. The molecule has 3 unspecified atom stereocenters. The molecule has 0 rings (SSSR count). The fraction of sp³-hybridized carbons (Fsp3) is 0.786. The van der Waals surface area contributed by atoms with Crippen molar-refractivity contribution in [1.29, 1.82) is 0 Å². The van der Waals surface area contributed by atoms with Crippen LogP contribution in [0.4, 0.5) is 0 Å². The Bertz CT molecular complexity index is 369. The van der Waals surface area contributed by atoms with E-state index in [1.54, 1.807) is 0 Å². The predicted molar refractivity (Wildman–Crippen MR) is 80.4 cm³/mol. The molecule has 3 atom stereocenters. The number of carboxylic acid groups (broad SMARTS) is 2. The normalized spacial score (nSPS) is 15.4. The van der Waals surface area contributed by atoms with Gasteiger partial charge < -0.3 is 25.2 Å². The number of nitrogens with two attached hydrogens (primary N) is 1. The summed E-state index contributed by atoms with van der Waals surface area (Å²) < 4.78 is 5.21. The van der Waals surface area contributed by atoms with Gasteiger partial charge in [0.15, 0.2) is 17.9 Å². The molecule has 0 aliphatic heterocycles. The van der Waals surface area contributed by atoms with Crippen LogP contribution in [-0.2, 0) is 19.1 Å². The highest BCUT2D eigenvalue weighted by Gasteiger charge is 2.29. The first-order chi connectivity index (χ1) is 10.5. The van der Waals surface area contributed by atoms with Crippen molar-refractivity contribution >= 4 is 17.9 Å². The van der Waals surface area contributed by atoms with Crippen LogP contribution >= 0.6 is 0 Å². The smallest absolute Gasteiger partial charge is 0.335 e. The number of ether oxygens (including phenoxy) is 1. The number of carbonyl (C=O) groups excluding carboxylic acids is 1. The minimum absolute atomic E-state index is 0.180. The average molecular weight is 337 g/mol. The summed E-state index contributed by atoms with van der Waals surface area (Å²) in [5.41, 5.74) is 5.16. The van der Waals surface area contributed by atoms with Gasteiger partial charge >= 0.3 is 17.9 Å². The highest BCUT2D eigenvalue weighted by molar-refractivity contribution is 5.83. The van der Waals surface area contributed by atoms with Crippen LogP contribution in [0.2, 0.25) is 0 Å². The van der Waals surface area contributed by atoms with E-state index in [4.69, 9.17) is 30.9 Å². The fourth-order valence-electron chi connectivity index (χ4n) is 1.48. The first-order valence-electron chi connectivity index (χ1n) is 7.37. The molecule has 0 heterocycles. The lowest BCUT2D eigenvalue weighted by molar-refractivity contribution is -0.165. The van der Waals surface area contributed by atoms with Crippen LogP contribution in [0.5, 0.6) is 0 Å². The van der Waals surface area contributed by atoms with Crippen molar-refractivity contribution in [1.82, 2.24) is 0 Å². The van der Waals surface area contributed by atoms with E-state index in [1.807, 2.05) is 20.8 Å². The third-order valence-electron chi connectivity index (χ3n) is 2.85. The molecule has 0 aliphatic carbocycles. The lowest BCUT2D eigenvalue weighted by Crippen LogP contribution is -2.43. The number of carbonyl (C=O) groups is 3. The van der Waals surface area contributed by atoms with Crippen molar-refractivity contribution in [3.05, 3.63) is 0 Å². The molecule has 23 heavy (non-hydrogen) atoms. The van der Waals surface area contributed by atoms with E-state index in [0.717, 1.165) is 19.3 Å². The maximum absolute atomic E-state index is 11.2. The van der Waals surface area contributed by atoms with Gasteiger partial charge in [-0.25, -0.2) is 9.59 Å². The van der Waals surface area contributed by atoms with Gasteiger partial charge in [0, 0.05) is 12.8 Å². The van der Waals surface area contributed by atoms with Crippen LogP contribution in [-0.4, -0.2) is 56.3 Å². The maximum atomic E-state index is 11.2. The van der Waals surface area contributed by atoms with E-state index in [0.29, 0.717) is 12.8 Å². The molecule has 0 aliphatic rings. The zero-order chi connectivity index (χ0) is 18.6. The molecule has 0 aromatic carbocycles. The lowest BCUT2D eigenvalue weighted by atomic mass is 10.1. The zero-order valence-corrected chi connectivity index (χ0v) is 13.7. The highest BCUT2D eigenvalue weighted by Crippen LogP contribution is 2.16. The van der Waals surface area contributed by atoms with E-state index in [9.17, 15) is 14.4 Å². The van der Waals surface area contributed by atoms with Gasteiger partial charge in [-0.2, -0.15) is 0 Å². The van der Waals surface area contributed by atoms with Crippen molar-refractivity contribution in [3.63, 3.8) is 0 Å². The van der Waals surface area contributed by atoms with E-state index in [2.05, 4.69) is 0 Å². The third-order valence-corrected chi connectivity index (χ3v) is 2.85. The van der Waals surface area contributed by atoms with Crippen LogP contribution in [0, 0.1) is 0 Å². The maximum Gasteiger partial charge on any atom is 0.335 e. The highest BCUT2D eigenvalue weighted by atomic mass is 16.6. The Morgan fingerprint density at radius 1 is 1.00 bits per heavy atom. The predicted octanol–water partition coefficient (Wildman–Crippen LogP) is 0.0722. The molecule has 9 heteroatoms. The largest absolute Gasteiger partial charge is 0.479 e. The van der Waals surface area contributed by atoms with Crippen LogP contribution in [0.25, 0.3) is 0 Å². The van der Waals surface area contributed by atoms with Gasteiger partial charge in [0.2, 0.25) is 0 Å². The van der Waals surface area contributed by atoms with Gasteiger partial charge in [-0.15, -0.1) is 0 Å². The summed E-state index contributed by atoms with van der Waals surface area (Å²) in [6, 6.07) is 0. The Morgan fingerprint density at radius 2 is 1.43 bits per heavy atom. The minimum Gasteiger partial charge on any atom is -0.479 e. The monoisotopic (exact) mass is 337 g/mol. The van der Waals surface area contributed by atoms with Gasteiger partial charge in [-0.05, 0) is 12.8 Å².